The van der Waals surface area contributed by atoms with Gasteiger partial charge in [0.25, 0.3) is 0 Å². The summed E-state index contributed by atoms with van der Waals surface area (Å²) >= 11 is 6.56. The van der Waals surface area contributed by atoms with E-state index in [-0.39, 0.29) is 6.10 Å². The summed E-state index contributed by atoms with van der Waals surface area (Å²) in [7, 11) is 0. The fourth-order valence-corrected chi connectivity index (χ4v) is 4.34. The van der Waals surface area contributed by atoms with Gasteiger partial charge in [-0.05, 0) is 50.2 Å². The summed E-state index contributed by atoms with van der Waals surface area (Å²) < 4.78 is 0. The van der Waals surface area contributed by atoms with Crippen LogP contribution in [0.15, 0.2) is 18.2 Å². The summed E-state index contributed by atoms with van der Waals surface area (Å²) in [5.41, 5.74) is 2.52. The van der Waals surface area contributed by atoms with Crippen LogP contribution in [0.4, 0.5) is 5.69 Å². The summed E-state index contributed by atoms with van der Waals surface area (Å²) in [6, 6.07) is 7.87. The maximum Gasteiger partial charge on any atom is 0.0643 e. The Bertz CT molecular complexity index is 518. The van der Waals surface area contributed by atoms with Crippen molar-refractivity contribution < 1.29 is 5.11 Å². The Labute approximate surface area is 131 Å². The molecule has 0 radical (unpaired) electrons. The number of rotatable bonds is 4. The van der Waals surface area contributed by atoms with Gasteiger partial charge in [-0.25, -0.2) is 0 Å². The van der Waals surface area contributed by atoms with Crippen molar-refractivity contribution in [2.24, 2.45) is 0 Å². The normalized spacial score (nSPS) is 31.7. The number of halogens is 1. The number of anilines is 1. The molecule has 2 N–H and O–H groups in total. The number of para-hydroxylation sites is 1. The van der Waals surface area contributed by atoms with E-state index < -0.39 is 0 Å². The molecule has 1 saturated carbocycles. The smallest absolute Gasteiger partial charge is 0.0643 e. The number of nitrogens with one attached hydrogen (secondary N) is 1. The maximum absolute atomic E-state index is 10.0. The standard InChI is InChI=1S/C17H23ClN2O/c18-16-3-1-2-11(10-19-12-4-5-12)17(16)20-13-6-7-14(20)9-15(21)8-13/h1-3,12-15,19,21H,4-10H2. The SMILES string of the molecule is OC1CC2CCC(C1)N2c1c(Cl)cccc1CNC1CC1. The second-order valence-electron chi connectivity index (χ2n) is 6.82. The van der Waals surface area contributed by atoms with E-state index >= 15 is 0 Å². The predicted octanol–water partition coefficient (Wildman–Crippen LogP) is 3.08. The minimum Gasteiger partial charge on any atom is -0.393 e. The number of fused-ring (bicyclic) bond motifs is 2. The molecule has 2 aliphatic heterocycles. The molecule has 4 heteroatoms. The highest BCUT2D eigenvalue weighted by Crippen LogP contribution is 2.43. The number of hydrogen-bond donors (Lipinski definition) is 2. The lowest BCUT2D eigenvalue weighted by Crippen LogP contribution is -2.45. The van der Waals surface area contributed by atoms with Gasteiger partial charge >= 0.3 is 0 Å². The van der Waals surface area contributed by atoms with Crippen LogP contribution >= 0.6 is 11.6 Å². The van der Waals surface area contributed by atoms with Crippen LogP contribution in [0, 0.1) is 0 Å². The van der Waals surface area contributed by atoms with E-state index in [9.17, 15) is 5.11 Å². The van der Waals surface area contributed by atoms with Gasteiger partial charge in [-0.2, -0.15) is 0 Å². The van der Waals surface area contributed by atoms with Gasteiger partial charge in [0.1, 0.15) is 0 Å². The maximum atomic E-state index is 10.0. The van der Waals surface area contributed by atoms with Gasteiger partial charge in [0.05, 0.1) is 16.8 Å². The fourth-order valence-electron chi connectivity index (χ4n) is 4.05. The first kappa shape index (κ1) is 13.9. The molecule has 2 unspecified atom stereocenters. The van der Waals surface area contributed by atoms with Crippen molar-refractivity contribution in [3.63, 3.8) is 0 Å². The molecular weight excluding hydrogens is 284 g/mol. The zero-order chi connectivity index (χ0) is 14.4. The highest BCUT2D eigenvalue weighted by Gasteiger charge is 2.41. The quantitative estimate of drug-likeness (QED) is 0.897. The number of piperidine rings is 1. The zero-order valence-corrected chi connectivity index (χ0v) is 13.0. The summed E-state index contributed by atoms with van der Waals surface area (Å²) in [6.07, 6.45) is 6.61. The van der Waals surface area contributed by atoms with Gasteiger partial charge in [-0.3, -0.25) is 0 Å². The van der Waals surface area contributed by atoms with E-state index in [2.05, 4.69) is 22.3 Å². The Morgan fingerprint density at radius 2 is 1.86 bits per heavy atom. The average Bonchev–Trinajstić information content (AvgIpc) is 3.24. The lowest BCUT2D eigenvalue weighted by molar-refractivity contribution is 0.126. The molecule has 2 atom stereocenters. The van der Waals surface area contributed by atoms with Crippen molar-refractivity contribution in [2.45, 2.75) is 69.3 Å². The molecule has 21 heavy (non-hydrogen) atoms. The molecule has 2 heterocycles. The molecule has 2 saturated heterocycles. The second-order valence-corrected chi connectivity index (χ2v) is 7.23. The Morgan fingerprint density at radius 3 is 2.52 bits per heavy atom. The molecule has 3 fully saturated rings. The molecule has 1 aliphatic carbocycles. The summed E-state index contributed by atoms with van der Waals surface area (Å²) in [5, 5.41) is 14.5. The largest absolute Gasteiger partial charge is 0.393 e. The third-order valence-corrected chi connectivity index (χ3v) is 5.50. The molecule has 0 amide bonds. The van der Waals surface area contributed by atoms with Gasteiger partial charge in [0.2, 0.25) is 0 Å². The Kier molecular flexibility index (Phi) is 3.60. The van der Waals surface area contributed by atoms with Gasteiger partial charge in [0.15, 0.2) is 0 Å². The summed E-state index contributed by atoms with van der Waals surface area (Å²) in [4.78, 5) is 2.51. The van der Waals surface area contributed by atoms with Crippen LogP contribution in [0.1, 0.15) is 44.1 Å². The van der Waals surface area contributed by atoms with Crippen LogP contribution in [0.5, 0.6) is 0 Å². The van der Waals surface area contributed by atoms with Crippen LogP contribution in [-0.2, 0) is 6.54 Å². The summed E-state index contributed by atoms with van der Waals surface area (Å²) in [6.45, 7) is 0.902. The number of aliphatic hydroxyl groups is 1. The van der Waals surface area contributed by atoms with E-state index in [0.717, 1.165) is 24.4 Å². The van der Waals surface area contributed by atoms with Crippen molar-refractivity contribution in [1.82, 2.24) is 5.32 Å². The Morgan fingerprint density at radius 1 is 1.14 bits per heavy atom. The highest BCUT2D eigenvalue weighted by atomic mass is 35.5. The van der Waals surface area contributed by atoms with E-state index in [1.807, 2.05) is 6.07 Å². The minimum atomic E-state index is -0.130. The Balaban J connectivity index is 1.63. The topological polar surface area (TPSA) is 35.5 Å². The number of benzene rings is 1. The molecule has 0 aromatic heterocycles. The predicted molar refractivity (Wildman–Crippen MR) is 85.8 cm³/mol. The first-order valence-corrected chi connectivity index (χ1v) is 8.57. The zero-order valence-electron chi connectivity index (χ0n) is 12.3. The molecule has 0 spiro atoms. The van der Waals surface area contributed by atoms with Gasteiger partial charge in [-0.15, -0.1) is 0 Å². The lowest BCUT2D eigenvalue weighted by Gasteiger charge is -2.40. The van der Waals surface area contributed by atoms with Crippen LogP contribution in [0.2, 0.25) is 5.02 Å². The molecule has 114 valence electrons. The van der Waals surface area contributed by atoms with Crippen LogP contribution in [0.25, 0.3) is 0 Å². The van der Waals surface area contributed by atoms with Crippen molar-refractivity contribution in [3.05, 3.63) is 28.8 Å². The van der Waals surface area contributed by atoms with Crippen molar-refractivity contribution in [2.75, 3.05) is 4.90 Å². The monoisotopic (exact) mass is 306 g/mol. The van der Waals surface area contributed by atoms with Crippen molar-refractivity contribution in [1.29, 1.82) is 0 Å². The second kappa shape index (κ2) is 5.45. The van der Waals surface area contributed by atoms with Gasteiger partial charge < -0.3 is 15.3 Å². The Hall–Kier alpha value is -0.770. The third-order valence-electron chi connectivity index (χ3n) is 5.20. The number of aliphatic hydroxyl groups excluding tert-OH is 1. The number of hydrogen-bond acceptors (Lipinski definition) is 3. The minimum absolute atomic E-state index is 0.130. The molecule has 1 aromatic carbocycles. The van der Waals surface area contributed by atoms with Crippen LogP contribution < -0.4 is 10.2 Å². The molecule has 2 bridgehead atoms. The first-order valence-electron chi connectivity index (χ1n) is 8.19. The van der Waals surface area contributed by atoms with Gasteiger partial charge in [0, 0.05) is 24.7 Å². The van der Waals surface area contributed by atoms with E-state index in [0.29, 0.717) is 18.1 Å². The van der Waals surface area contributed by atoms with E-state index in [1.165, 1.54) is 36.9 Å². The van der Waals surface area contributed by atoms with E-state index in [4.69, 9.17) is 11.6 Å². The third kappa shape index (κ3) is 2.67. The molecular formula is C17H23ClN2O. The molecule has 4 rings (SSSR count). The van der Waals surface area contributed by atoms with Crippen molar-refractivity contribution >= 4 is 17.3 Å². The molecule has 1 aromatic rings. The molecule has 3 nitrogen and oxygen atoms in total. The lowest BCUT2D eigenvalue weighted by atomic mass is 9.97. The number of nitrogens with zero attached hydrogens (tertiary/aromatic N) is 1. The van der Waals surface area contributed by atoms with Crippen molar-refractivity contribution in [3.8, 4) is 0 Å². The first-order chi connectivity index (χ1) is 10.2. The molecule has 3 aliphatic rings. The van der Waals surface area contributed by atoms with Gasteiger partial charge in [-0.1, -0.05) is 23.7 Å². The summed E-state index contributed by atoms with van der Waals surface area (Å²) in [5.74, 6) is 0. The average molecular weight is 307 g/mol. The van der Waals surface area contributed by atoms with Crippen LogP contribution in [-0.4, -0.2) is 29.3 Å². The highest BCUT2D eigenvalue weighted by molar-refractivity contribution is 6.33. The fraction of sp³-hybridized carbons (Fsp3) is 0.647. The van der Waals surface area contributed by atoms with Crippen LogP contribution in [0.3, 0.4) is 0 Å². The van der Waals surface area contributed by atoms with E-state index in [1.54, 1.807) is 0 Å².